The minimum Gasteiger partial charge on any atom is -0.481 e. The lowest BCUT2D eigenvalue weighted by Gasteiger charge is -2.10. The highest BCUT2D eigenvalue weighted by Crippen LogP contribution is 2.34. The lowest BCUT2D eigenvalue weighted by atomic mass is 10.2. The molecule has 2 aromatic heterocycles. The van der Waals surface area contributed by atoms with Gasteiger partial charge in [-0.25, -0.2) is 9.97 Å². The highest BCUT2D eigenvalue weighted by molar-refractivity contribution is 6.31. The van der Waals surface area contributed by atoms with Crippen molar-refractivity contribution in [3.05, 3.63) is 71.0 Å². The van der Waals surface area contributed by atoms with Gasteiger partial charge in [0.2, 0.25) is 11.8 Å². The van der Waals surface area contributed by atoms with Crippen molar-refractivity contribution in [1.82, 2.24) is 9.97 Å². The fourth-order valence-electron chi connectivity index (χ4n) is 2.22. The zero-order valence-corrected chi connectivity index (χ0v) is 15.6. The number of benzene rings is 1. The molecule has 10 heteroatoms. The van der Waals surface area contributed by atoms with Crippen molar-refractivity contribution in [2.24, 2.45) is 0 Å². The molecule has 0 bridgehead atoms. The normalized spacial score (nSPS) is 11.1. The number of ether oxygens (including phenoxy) is 2. The molecule has 150 valence electrons. The molecular weight excluding hydrogens is 411 g/mol. The summed E-state index contributed by atoms with van der Waals surface area (Å²) >= 11 is 5.81. The molecule has 3 aromatic rings. The van der Waals surface area contributed by atoms with E-state index < -0.39 is 11.7 Å². The van der Waals surface area contributed by atoms with Crippen LogP contribution in [0.25, 0.3) is 0 Å². The fourth-order valence-corrected chi connectivity index (χ4v) is 2.42. The van der Waals surface area contributed by atoms with Gasteiger partial charge in [0.25, 0.3) is 5.91 Å². The van der Waals surface area contributed by atoms with E-state index in [1.54, 1.807) is 12.1 Å². The molecule has 0 unspecified atom stereocenters. The summed E-state index contributed by atoms with van der Waals surface area (Å²) in [7, 11) is 1.48. The van der Waals surface area contributed by atoms with Gasteiger partial charge in [-0.3, -0.25) is 4.79 Å². The zero-order valence-electron chi connectivity index (χ0n) is 14.8. The Balaban J connectivity index is 1.67. The number of methoxy groups -OCH3 is 1. The first-order valence-electron chi connectivity index (χ1n) is 8.08. The topological polar surface area (TPSA) is 73.3 Å². The molecule has 1 amide bonds. The van der Waals surface area contributed by atoms with Crippen molar-refractivity contribution in [2.45, 2.75) is 6.18 Å². The predicted octanol–water partition coefficient (Wildman–Crippen LogP) is 5.20. The van der Waals surface area contributed by atoms with Gasteiger partial charge in [0.1, 0.15) is 10.8 Å². The monoisotopic (exact) mass is 423 g/mol. The third-order valence-corrected chi connectivity index (χ3v) is 3.94. The smallest absolute Gasteiger partial charge is 0.417 e. The molecule has 0 saturated heterocycles. The molecule has 1 N–H and O–H groups in total. The van der Waals surface area contributed by atoms with Crippen LogP contribution in [-0.4, -0.2) is 23.0 Å². The maximum Gasteiger partial charge on any atom is 0.417 e. The largest absolute Gasteiger partial charge is 0.481 e. The Bertz CT molecular complexity index is 1010. The first-order valence-corrected chi connectivity index (χ1v) is 8.46. The SMILES string of the molecule is COc1ccc(NC(=O)c2ccc(Oc3ncc(C(F)(F)F)cc3Cl)cc2)cn1. The molecule has 29 heavy (non-hydrogen) atoms. The molecule has 2 heterocycles. The molecule has 0 fully saturated rings. The lowest BCUT2D eigenvalue weighted by molar-refractivity contribution is -0.137. The fraction of sp³-hybridized carbons (Fsp3) is 0.105. The Morgan fingerprint density at radius 1 is 1.07 bits per heavy atom. The molecule has 0 saturated carbocycles. The molecule has 0 aliphatic heterocycles. The maximum absolute atomic E-state index is 12.7. The highest BCUT2D eigenvalue weighted by Gasteiger charge is 2.31. The van der Waals surface area contributed by atoms with Crippen LogP contribution in [-0.2, 0) is 6.18 Å². The van der Waals surface area contributed by atoms with Crippen LogP contribution in [0.4, 0.5) is 18.9 Å². The number of aromatic nitrogens is 2. The van der Waals surface area contributed by atoms with Crippen LogP contribution in [0.3, 0.4) is 0 Å². The van der Waals surface area contributed by atoms with Crippen molar-refractivity contribution in [3.63, 3.8) is 0 Å². The van der Waals surface area contributed by atoms with Crippen LogP contribution in [0.1, 0.15) is 15.9 Å². The standard InChI is InChI=1S/C19H13ClF3N3O3/c1-28-16-7-4-13(10-24-16)26-17(27)11-2-5-14(6-3-11)29-18-15(20)8-12(9-25-18)19(21,22)23/h2-10H,1H3,(H,26,27). The maximum atomic E-state index is 12.7. The number of alkyl halides is 3. The Labute approximate surface area is 168 Å². The van der Waals surface area contributed by atoms with Crippen LogP contribution >= 0.6 is 11.6 Å². The van der Waals surface area contributed by atoms with Crippen LogP contribution < -0.4 is 14.8 Å². The first kappa shape index (κ1) is 20.4. The Morgan fingerprint density at radius 3 is 2.34 bits per heavy atom. The van der Waals surface area contributed by atoms with Crippen molar-refractivity contribution in [1.29, 1.82) is 0 Å². The van der Waals surface area contributed by atoms with E-state index in [2.05, 4.69) is 15.3 Å². The van der Waals surface area contributed by atoms with E-state index in [0.29, 0.717) is 23.3 Å². The van der Waals surface area contributed by atoms with Gasteiger partial charge < -0.3 is 14.8 Å². The number of pyridine rings is 2. The van der Waals surface area contributed by atoms with Gasteiger partial charge >= 0.3 is 6.18 Å². The van der Waals surface area contributed by atoms with Crippen LogP contribution in [0, 0.1) is 0 Å². The van der Waals surface area contributed by atoms with Crippen molar-refractivity contribution in [2.75, 3.05) is 12.4 Å². The van der Waals surface area contributed by atoms with Crippen LogP contribution in [0.15, 0.2) is 54.9 Å². The van der Waals surface area contributed by atoms with Crippen molar-refractivity contribution >= 4 is 23.2 Å². The van der Waals surface area contributed by atoms with Gasteiger partial charge in [-0.15, -0.1) is 0 Å². The van der Waals surface area contributed by atoms with Crippen molar-refractivity contribution in [3.8, 4) is 17.5 Å². The van der Waals surface area contributed by atoms with E-state index in [1.807, 2.05) is 0 Å². The van der Waals surface area contributed by atoms with Crippen LogP contribution in [0.5, 0.6) is 17.5 Å². The molecule has 0 radical (unpaired) electrons. The van der Waals surface area contributed by atoms with Gasteiger partial charge in [0, 0.05) is 17.8 Å². The number of halogens is 4. The molecule has 0 atom stereocenters. The van der Waals surface area contributed by atoms with E-state index in [4.69, 9.17) is 21.1 Å². The highest BCUT2D eigenvalue weighted by atomic mass is 35.5. The molecule has 0 aliphatic carbocycles. The summed E-state index contributed by atoms with van der Waals surface area (Å²) in [6.45, 7) is 0. The van der Waals surface area contributed by atoms with Gasteiger partial charge in [0.05, 0.1) is 24.6 Å². The second-order valence-corrected chi connectivity index (χ2v) is 6.09. The molecule has 0 aliphatic rings. The number of nitrogens with one attached hydrogen (secondary N) is 1. The van der Waals surface area contributed by atoms with Crippen LogP contribution in [0.2, 0.25) is 5.02 Å². The zero-order chi connectivity index (χ0) is 21.0. The van der Waals surface area contributed by atoms with E-state index in [9.17, 15) is 18.0 Å². The number of carbonyl (C=O) groups excluding carboxylic acids is 1. The molecule has 6 nitrogen and oxygen atoms in total. The molecular formula is C19H13ClF3N3O3. The first-order chi connectivity index (χ1) is 13.8. The summed E-state index contributed by atoms with van der Waals surface area (Å²) in [5, 5.41) is 2.39. The summed E-state index contributed by atoms with van der Waals surface area (Å²) in [5.74, 6) is 0.109. The van der Waals surface area contributed by atoms with Crippen molar-refractivity contribution < 1.29 is 27.4 Å². The summed E-state index contributed by atoms with van der Waals surface area (Å²) < 4.78 is 48.3. The summed E-state index contributed by atoms with van der Waals surface area (Å²) in [5.41, 5.74) is -0.161. The average Bonchev–Trinajstić information content (AvgIpc) is 2.70. The minimum absolute atomic E-state index is 0.179. The van der Waals surface area contributed by atoms with E-state index in [-0.39, 0.29) is 22.6 Å². The summed E-state index contributed by atoms with van der Waals surface area (Å²) in [6, 6.07) is 9.88. The quantitative estimate of drug-likeness (QED) is 0.610. The van der Waals surface area contributed by atoms with Gasteiger partial charge in [0.15, 0.2) is 0 Å². The average molecular weight is 424 g/mol. The van der Waals surface area contributed by atoms with E-state index in [0.717, 1.165) is 6.07 Å². The third kappa shape index (κ3) is 5.14. The van der Waals surface area contributed by atoms with Gasteiger partial charge in [-0.1, -0.05) is 11.6 Å². The van der Waals surface area contributed by atoms with E-state index >= 15 is 0 Å². The molecule has 1 aromatic carbocycles. The Morgan fingerprint density at radius 2 is 1.79 bits per heavy atom. The molecule has 0 spiro atoms. The minimum atomic E-state index is -4.55. The number of carbonyl (C=O) groups is 1. The lowest BCUT2D eigenvalue weighted by Crippen LogP contribution is -2.11. The number of hydrogen-bond donors (Lipinski definition) is 1. The summed E-state index contributed by atoms with van der Waals surface area (Å²) in [6.07, 6.45) is -2.47. The number of anilines is 1. The van der Waals surface area contributed by atoms with E-state index in [1.165, 1.54) is 37.6 Å². The second-order valence-electron chi connectivity index (χ2n) is 5.68. The Kier molecular flexibility index (Phi) is 5.88. The number of amides is 1. The number of rotatable bonds is 5. The number of hydrogen-bond acceptors (Lipinski definition) is 5. The second kappa shape index (κ2) is 8.36. The number of nitrogens with zero attached hydrogens (tertiary/aromatic N) is 2. The molecule has 3 rings (SSSR count). The van der Waals surface area contributed by atoms with Gasteiger partial charge in [-0.2, -0.15) is 13.2 Å². The predicted molar refractivity (Wildman–Crippen MR) is 99.5 cm³/mol. The van der Waals surface area contributed by atoms with Gasteiger partial charge in [-0.05, 0) is 36.4 Å². The Hall–Kier alpha value is -3.33. The summed E-state index contributed by atoms with van der Waals surface area (Å²) in [4.78, 5) is 19.9. The third-order valence-electron chi connectivity index (χ3n) is 3.67.